The quantitative estimate of drug-likeness (QED) is 0.763. The maximum Gasteiger partial charge on any atom is 0.231 e. The summed E-state index contributed by atoms with van der Waals surface area (Å²) in [5.74, 6) is 0.0113. The van der Waals surface area contributed by atoms with Crippen molar-refractivity contribution in [2.24, 2.45) is 5.92 Å². The molecule has 0 saturated carbocycles. The molecule has 1 aromatic heterocycles. The molecule has 1 fully saturated rings. The highest BCUT2D eigenvalue weighted by atomic mass is 32.2. The third-order valence-corrected chi connectivity index (χ3v) is 6.40. The van der Waals surface area contributed by atoms with Crippen molar-refractivity contribution in [3.05, 3.63) is 30.0 Å². The van der Waals surface area contributed by atoms with Gasteiger partial charge in [-0.15, -0.1) is 11.8 Å². The second-order valence-electron chi connectivity index (χ2n) is 5.89. The smallest absolute Gasteiger partial charge is 0.231 e. The van der Waals surface area contributed by atoms with Crippen molar-refractivity contribution in [1.82, 2.24) is 4.98 Å². The zero-order valence-corrected chi connectivity index (χ0v) is 16.6. The molecule has 138 valence electrons. The number of para-hydroxylation sites is 2. The second kappa shape index (κ2) is 8.09. The number of anilines is 2. The number of nitrogens with zero attached hydrogens (tertiary/aromatic N) is 2. The summed E-state index contributed by atoms with van der Waals surface area (Å²) in [6, 6.07) is 7.41. The summed E-state index contributed by atoms with van der Waals surface area (Å²) in [6.07, 6.45) is 2.17. The van der Waals surface area contributed by atoms with Gasteiger partial charge < -0.3 is 15.0 Å². The molecule has 1 atom stereocenters. The van der Waals surface area contributed by atoms with E-state index in [1.165, 1.54) is 11.3 Å². The SMILES string of the molecule is CCOc1ccccc1N1CC(C(=O)Nc2nc(C)c(SC)s2)CC1=O. The third kappa shape index (κ3) is 3.86. The number of ether oxygens (including phenoxy) is 1. The highest BCUT2D eigenvalue weighted by Gasteiger charge is 2.36. The minimum atomic E-state index is -0.404. The van der Waals surface area contributed by atoms with Crippen molar-refractivity contribution in [2.45, 2.75) is 24.5 Å². The van der Waals surface area contributed by atoms with Gasteiger partial charge in [-0.1, -0.05) is 23.5 Å². The maximum atomic E-state index is 12.6. The molecule has 2 aromatic rings. The van der Waals surface area contributed by atoms with Crippen LogP contribution in [0.5, 0.6) is 5.75 Å². The molecule has 2 heterocycles. The number of thioether (sulfide) groups is 1. The number of hydrogen-bond donors (Lipinski definition) is 1. The van der Waals surface area contributed by atoms with E-state index >= 15 is 0 Å². The summed E-state index contributed by atoms with van der Waals surface area (Å²) in [6.45, 7) is 4.68. The van der Waals surface area contributed by atoms with Gasteiger partial charge in [0.25, 0.3) is 0 Å². The number of hydrogen-bond acceptors (Lipinski definition) is 6. The number of benzene rings is 1. The molecule has 1 aromatic carbocycles. The van der Waals surface area contributed by atoms with Crippen molar-refractivity contribution >= 4 is 45.7 Å². The standard InChI is InChI=1S/C18H21N3O3S2/c1-4-24-14-8-6-5-7-13(14)21-10-12(9-15(21)22)16(23)20-18-19-11(2)17(25-3)26-18/h5-8,12H,4,9-10H2,1-3H3,(H,19,20,23). The van der Waals surface area contributed by atoms with Crippen LogP contribution in [0.2, 0.25) is 0 Å². The van der Waals surface area contributed by atoms with E-state index in [9.17, 15) is 9.59 Å². The lowest BCUT2D eigenvalue weighted by atomic mass is 10.1. The maximum absolute atomic E-state index is 12.6. The van der Waals surface area contributed by atoms with Crippen molar-refractivity contribution in [3.63, 3.8) is 0 Å². The number of aromatic nitrogens is 1. The van der Waals surface area contributed by atoms with Crippen LogP contribution in [0.4, 0.5) is 10.8 Å². The van der Waals surface area contributed by atoms with Crippen LogP contribution in [-0.2, 0) is 9.59 Å². The zero-order valence-electron chi connectivity index (χ0n) is 14.9. The van der Waals surface area contributed by atoms with Gasteiger partial charge in [-0.3, -0.25) is 9.59 Å². The Balaban J connectivity index is 1.72. The first kappa shape index (κ1) is 18.7. The van der Waals surface area contributed by atoms with Crippen molar-refractivity contribution in [1.29, 1.82) is 0 Å². The van der Waals surface area contributed by atoms with E-state index in [4.69, 9.17) is 4.74 Å². The number of carbonyl (C=O) groups excluding carboxylic acids is 2. The number of aryl methyl sites for hydroxylation is 1. The number of nitrogens with one attached hydrogen (secondary N) is 1. The van der Waals surface area contributed by atoms with E-state index in [1.54, 1.807) is 16.7 Å². The molecule has 1 saturated heterocycles. The Hall–Kier alpha value is -2.06. The van der Waals surface area contributed by atoms with E-state index in [0.717, 1.165) is 9.90 Å². The van der Waals surface area contributed by atoms with Gasteiger partial charge >= 0.3 is 0 Å². The summed E-state index contributed by atoms with van der Waals surface area (Å²) < 4.78 is 6.69. The molecular formula is C18H21N3O3S2. The van der Waals surface area contributed by atoms with Crippen LogP contribution in [0, 0.1) is 12.8 Å². The molecule has 0 radical (unpaired) electrons. The highest BCUT2D eigenvalue weighted by Crippen LogP contribution is 2.34. The predicted molar refractivity (Wildman–Crippen MR) is 105 cm³/mol. The van der Waals surface area contributed by atoms with Crippen LogP contribution >= 0.6 is 23.1 Å². The second-order valence-corrected chi connectivity index (χ2v) is 7.97. The van der Waals surface area contributed by atoms with Crippen LogP contribution in [0.1, 0.15) is 19.0 Å². The minimum absolute atomic E-state index is 0.0718. The molecule has 1 aliphatic rings. The summed E-state index contributed by atoms with van der Waals surface area (Å²) in [5, 5.41) is 3.44. The van der Waals surface area contributed by atoms with Crippen LogP contribution < -0.4 is 15.0 Å². The fourth-order valence-corrected chi connectivity index (χ4v) is 4.52. The lowest BCUT2D eigenvalue weighted by molar-refractivity contribution is -0.122. The van der Waals surface area contributed by atoms with Gasteiger partial charge in [0.2, 0.25) is 11.8 Å². The Morgan fingerprint density at radius 1 is 1.46 bits per heavy atom. The lowest BCUT2D eigenvalue weighted by Gasteiger charge is -2.20. The fraction of sp³-hybridized carbons (Fsp3) is 0.389. The Kier molecular flexibility index (Phi) is 5.83. The van der Waals surface area contributed by atoms with E-state index in [2.05, 4.69) is 10.3 Å². The molecule has 3 rings (SSSR count). The molecule has 8 heteroatoms. The molecule has 2 amide bonds. The Morgan fingerprint density at radius 2 is 2.23 bits per heavy atom. The van der Waals surface area contributed by atoms with Crippen LogP contribution in [0.25, 0.3) is 0 Å². The summed E-state index contributed by atoms with van der Waals surface area (Å²) in [5.41, 5.74) is 1.62. The van der Waals surface area contributed by atoms with Crippen molar-refractivity contribution < 1.29 is 14.3 Å². The third-order valence-electron chi connectivity index (χ3n) is 4.12. The number of carbonyl (C=O) groups is 2. The molecule has 0 aliphatic carbocycles. The van der Waals surface area contributed by atoms with E-state index < -0.39 is 5.92 Å². The Morgan fingerprint density at radius 3 is 2.92 bits per heavy atom. The molecule has 0 spiro atoms. The van der Waals surface area contributed by atoms with Crippen LogP contribution in [-0.4, -0.2) is 36.2 Å². The van der Waals surface area contributed by atoms with Gasteiger partial charge in [0, 0.05) is 13.0 Å². The fourth-order valence-electron chi connectivity index (χ4n) is 2.91. The molecule has 1 N–H and O–H groups in total. The molecule has 26 heavy (non-hydrogen) atoms. The number of thiazole rings is 1. The molecule has 0 bridgehead atoms. The van der Waals surface area contributed by atoms with Gasteiger partial charge in [0.15, 0.2) is 5.13 Å². The van der Waals surface area contributed by atoms with Crippen LogP contribution in [0.15, 0.2) is 28.5 Å². The van der Waals surface area contributed by atoms with E-state index in [1.807, 2.05) is 44.4 Å². The first-order valence-corrected chi connectivity index (χ1v) is 10.4. The normalized spacial score (nSPS) is 16.8. The van der Waals surface area contributed by atoms with Gasteiger partial charge in [0.1, 0.15) is 5.75 Å². The van der Waals surface area contributed by atoms with Crippen molar-refractivity contribution in [3.8, 4) is 5.75 Å². The number of amides is 2. The van der Waals surface area contributed by atoms with Gasteiger partial charge in [0.05, 0.1) is 28.1 Å². The largest absolute Gasteiger partial charge is 0.492 e. The highest BCUT2D eigenvalue weighted by molar-refractivity contribution is 8.00. The predicted octanol–water partition coefficient (Wildman–Crippen LogP) is 3.56. The summed E-state index contributed by atoms with van der Waals surface area (Å²) >= 11 is 3.06. The monoisotopic (exact) mass is 391 g/mol. The summed E-state index contributed by atoms with van der Waals surface area (Å²) in [4.78, 5) is 31.1. The average Bonchev–Trinajstić information content (AvgIpc) is 3.18. The first-order chi connectivity index (χ1) is 12.5. The van der Waals surface area contributed by atoms with Gasteiger partial charge in [-0.05, 0) is 32.2 Å². The average molecular weight is 392 g/mol. The van der Waals surface area contributed by atoms with E-state index in [0.29, 0.717) is 29.7 Å². The van der Waals surface area contributed by atoms with Crippen LogP contribution in [0.3, 0.4) is 0 Å². The summed E-state index contributed by atoms with van der Waals surface area (Å²) in [7, 11) is 0. The molecule has 6 nitrogen and oxygen atoms in total. The van der Waals surface area contributed by atoms with Crippen molar-refractivity contribution in [2.75, 3.05) is 29.6 Å². The Bertz CT molecular complexity index is 822. The van der Waals surface area contributed by atoms with Gasteiger partial charge in [-0.2, -0.15) is 0 Å². The van der Waals surface area contributed by atoms with Gasteiger partial charge in [-0.25, -0.2) is 4.98 Å². The zero-order chi connectivity index (χ0) is 18.7. The van der Waals surface area contributed by atoms with E-state index in [-0.39, 0.29) is 18.2 Å². The molecule has 1 unspecified atom stereocenters. The molecule has 1 aliphatic heterocycles. The Labute approximate surface area is 160 Å². The topological polar surface area (TPSA) is 71.5 Å². The molecular weight excluding hydrogens is 370 g/mol. The first-order valence-electron chi connectivity index (χ1n) is 8.38. The lowest BCUT2D eigenvalue weighted by Crippen LogP contribution is -2.28. The minimum Gasteiger partial charge on any atom is -0.492 e. The number of rotatable bonds is 6.